The van der Waals surface area contributed by atoms with Crippen LogP contribution in [0.3, 0.4) is 0 Å². The largest absolute Gasteiger partial charge is 0.480 e. The highest BCUT2D eigenvalue weighted by Crippen LogP contribution is 2.05. The Morgan fingerprint density at radius 3 is 2.85 bits per heavy atom. The van der Waals surface area contributed by atoms with Crippen LogP contribution in [-0.2, 0) is 20.7 Å². The van der Waals surface area contributed by atoms with Crippen LogP contribution in [0.4, 0.5) is 0 Å². The van der Waals surface area contributed by atoms with Gasteiger partial charge in [-0.2, -0.15) is 0 Å². The highest BCUT2D eigenvalue weighted by Gasteiger charge is 2.19. The first kappa shape index (κ1) is 16.1. The number of carbonyl (C=O) groups is 2. The first-order chi connectivity index (χ1) is 9.54. The number of nitrogens with zero attached hydrogens (tertiary/aromatic N) is 1. The van der Waals surface area contributed by atoms with Crippen molar-refractivity contribution in [2.75, 3.05) is 13.7 Å². The minimum Gasteiger partial charge on any atom is -0.480 e. The van der Waals surface area contributed by atoms with Crippen molar-refractivity contribution in [1.29, 1.82) is 0 Å². The fourth-order valence-corrected chi connectivity index (χ4v) is 1.79. The van der Waals surface area contributed by atoms with Gasteiger partial charge in [-0.1, -0.05) is 6.07 Å². The smallest absolute Gasteiger partial charge is 0.326 e. The molecular formula is C14H20N2O4. The van der Waals surface area contributed by atoms with Gasteiger partial charge in [-0.25, -0.2) is 4.79 Å². The maximum atomic E-state index is 11.9. The normalized spacial score (nSPS) is 11.9. The standard InChI is InChI=1S/C14H20N2O4/c1-10-5-3-7-15-12(10)9-13(17)16-11(14(18)19)6-4-8-20-2/h3,5,7,11H,4,6,8-9H2,1-2H3,(H,16,17)(H,18,19). The van der Waals surface area contributed by atoms with Crippen molar-refractivity contribution in [2.45, 2.75) is 32.2 Å². The lowest BCUT2D eigenvalue weighted by Crippen LogP contribution is -2.41. The molecule has 1 amide bonds. The van der Waals surface area contributed by atoms with Crippen LogP contribution in [-0.4, -0.2) is 41.7 Å². The summed E-state index contributed by atoms with van der Waals surface area (Å²) in [6, 6.07) is 2.77. The summed E-state index contributed by atoms with van der Waals surface area (Å²) in [4.78, 5) is 27.1. The molecule has 1 unspecified atom stereocenters. The number of pyridine rings is 1. The Labute approximate surface area is 118 Å². The van der Waals surface area contributed by atoms with Crippen molar-refractivity contribution in [2.24, 2.45) is 0 Å². The van der Waals surface area contributed by atoms with Gasteiger partial charge < -0.3 is 15.2 Å². The van der Waals surface area contributed by atoms with Gasteiger partial charge in [0.15, 0.2) is 0 Å². The van der Waals surface area contributed by atoms with Crippen LogP contribution in [0.1, 0.15) is 24.1 Å². The second kappa shape index (κ2) is 8.27. The van der Waals surface area contributed by atoms with E-state index in [-0.39, 0.29) is 12.3 Å². The number of aromatic nitrogens is 1. The zero-order valence-corrected chi connectivity index (χ0v) is 11.8. The maximum absolute atomic E-state index is 11.9. The fraction of sp³-hybridized carbons (Fsp3) is 0.500. The van der Waals surface area contributed by atoms with Crippen LogP contribution in [0.15, 0.2) is 18.3 Å². The van der Waals surface area contributed by atoms with E-state index in [4.69, 9.17) is 9.84 Å². The van der Waals surface area contributed by atoms with Gasteiger partial charge in [0.2, 0.25) is 5.91 Å². The Kier molecular flexibility index (Phi) is 6.66. The molecule has 1 aromatic heterocycles. The molecule has 0 aliphatic rings. The topological polar surface area (TPSA) is 88.5 Å². The second-order valence-corrected chi connectivity index (χ2v) is 4.54. The molecule has 0 saturated carbocycles. The SMILES string of the molecule is COCCCC(NC(=O)Cc1ncccc1C)C(=O)O. The summed E-state index contributed by atoms with van der Waals surface area (Å²) >= 11 is 0. The van der Waals surface area contributed by atoms with Gasteiger partial charge in [0.05, 0.1) is 12.1 Å². The molecule has 6 nitrogen and oxygen atoms in total. The Bertz CT molecular complexity index is 462. The Hall–Kier alpha value is -1.95. The molecule has 0 bridgehead atoms. The molecule has 0 aliphatic heterocycles. The number of aryl methyl sites for hydroxylation is 1. The third-order valence-electron chi connectivity index (χ3n) is 2.92. The molecule has 1 heterocycles. The molecule has 0 radical (unpaired) electrons. The fourth-order valence-electron chi connectivity index (χ4n) is 1.79. The number of rotatable bonds is 8. The van der Waals surface area contributed by atoms with Gasteiger partial charge in [0.25, 0.3) is 0 Å². The summed E-state index contributed by atoms with van der Waals surface area (Å²) in [5, 5.41) is 11.6. The van der Waals surface area contributed by atoms with Gasteiger partial charge in [0.1, 0.15) is 6.04 Å². The minimum absolute atomic E-state index is 0.0841. The molecule has 1 rings (SSSR count). The van der Waals surface area contributed by atoms with Crippen molar-refractivity contribution in [1.82, 2.24) is 10.3 Å². The van der Waals surface area contributed by atoms with Crippen molar-refractivity contribution in [3.05, 3.63) is 29.6 Å². The second-order valence-electron chi connectivity index (χ2n) is 4.54. The maximum Gasteiger partial charge on any atom is 0.326 e. The lowest BCUT2D eigenvalue weighted by atomic mass is 10.1. The van der Waals surface area contributed by atoms with Gasteiger partial charge >= 0.3 is 5.97 Å². The van der Waals surface area contributed by atoms with Crippen LogP contribution < -0.4 is 5.32 Å². The van der Waals surface area contributed by atoms with E-state index >= 15 is 0 Å². The third kappa shape index (κ3) is 5.36. The summed E-state index contributed by atoms with van der Waals surface area (Å²) in [6.45, 7) is 2.34. The molecule has 1 atom stereocenters. The zero-order valence-electron chi connectivity index (χ0n) is 11.8. The molecule has 1 aromatic rings. The van der Waals surface area contributed by atoms with Crippen molar-refractivity contribution in [3.8, 4) is 0 Å². The predicted octanol–water partition coefficient (Wildman–Crippen LogP) is 0.929. The molecule has 0 spiro atoms. The number of methoxy groups -OCH3 is 1. The highest BCUT2D eigenvalue weighted by molar-refractivity contribution is 5.84. The molecule has 0 aromatic carbocycles. The van der Waals surface area contributed by atoms with E-state index in [1.165, 1.54) is 0 Å². The van der Waals surface area contributed by atoms with E-state index in [0.717, 1.165) is 5.56 Å². The van der Waals surface area contributed by atoms with E-state index in [9.17, 15) is 9.59 Å². The van der Waals surface area contributed by atoms with Crippen molar-refractivity contribution >= 4 is 11.9 Å². The summed E-state index contributed by atoms with van der Waals surface area (Å²) < 4.78 is 4.87. The molecular weight excluding hydrogens is 260 g/mol. The average molecular weight is 280 g/mol. The first-order valence-electron chi connectivity index (χ1n) is 6.46. The average Bonchev–Trinajstić information content (AvgIpc) is 2.40. The molecule has 0 fully saturated rings. The highest BCUT2D eigenvalue weighted by atomic mass is 16.5. The quantitative estimate of drug-likeness (QED) is 0.691. The summed E-state index contributed by atoms with van der Waals surface area (Å²) in [6.07, 6.45) is 2.62. The number of nitrogens with one attached hydrogen (secondary N) is 1. The Morgan fingerprint density at radius 2 is 2.25 bits per heavy atom. The van der Waals surface area contributed by atoms with Crippen LogP contribution in [0.2, 0.25) is 0 Å². The van der Waals surface area contributed by atoms with Crippen molar-refractivity contribution in [3.63, 3.8) is 0 Å². The van der Waals surface area contributed by atoms with Crippen LogP contribution in [0.25, 0.3) is 0 Å². The zero-order chi connectivity index (χ0) is 15.0. The number of amides is 1. The number of ether oxygens (including phenoxy) is 1. The van der Waals surface area contributed by atoms with Gasteiger partial charge in [0, 0.05) is 19.9 Å². The molecule has 0 aliphatic carbocycles. The Morgan fingerprint density at radius 1 is 1.50 bits per heavy atom. The predicted molar refractivity (Wildman–Crippen MR) is 73.4 cm³/mol. The first-order valence-corrected chi connectivity index (χ1v) is 6.46. The van der Waals surface area contributed by atoms with Gasteiger partial charge in [-0.15, -0.1) is 0 Å². The van der Waals surface area contributed by atoms with Crippen LogP contribution in [0, 0.1) is 6.92 Å². The lowest BCUT2D eigenvalue weighted by molar-refractivity contribution is -0.142. The monoisotopic (exact) mass is 280 g/mol. The summed E-state index contributed by atoms with van der Waals surface area (Å²) in [5.74, 6) is -1.37. The molecule has 2 N–H and O–H groups in total. The van der Waals surface area contributed by atoms with Crippen LogP contribution in [0.5, 0.6) is 0 Å². The number of aliphatic carboxylic acids is 1. The van der Waals surface area contributed by atoms with Crippen LogP contribution >= 0.6 is 0 Å². The number of hydrogen-bond donors (Lipinski definition) is 2. The van der Waals surface area contributed by atoms with E-state index < -0.39 is 12.0 Å². The summed E-state index contributed by atoms with van der Waals surface area (Å²) in [7, 11) is 1.55. The number of carbonyl (C=O) groups excluding carboxylic acids is 1. The number of carboxylic acids is 1. The Balaban J connectivity index is 2.54. The van der Waals surface area contributed by atoms with E-state index in [1.54, 1.807) is 19.4 Å². The molecule has 20 heavy (non-hydrogen) atoms. The molecule has 110 valence electrons. The van der Waals surface area contributed by atoms with Gasteiger partial charge in [-0.3, -0.25) is 9.78 Å². The third-order valence-corrected chi connectivity index (χ3v) is 2.92. The number of carboxylic acid groups (broad SMARTS) is 1. The molecule has 6 heteroatoms. The lowest BCUT2D eigenvalue weighted by Gasteiger charge is -2.14. The minimum atomic E-state index is -1.04. The van der Waals surface area contributed by atoms with E-state index in [1.807, 2.05) is 13.0 Å². The van der Waals surface area contributed by atoms with E-state index in [2.05, 4.69) is 10.3 Å². The van der Waals surface area contributed by atoms with Crippen molar-refractivity contribution < 1.29 is 19.4 Å². The van der Waals surface area contributed by atoms with E-state index in [0.29, 0.717) is 25.1 Å². The van der Waals surface area contributed by atoms with Gasteiger partial charge in [-0.05, 0) is 31.4 Å². The number of hydrogen-bond acceptors (Lipinski definition) is 4. The summed E-state index contributed by atoms with van der Waals surface area (Å²) in [5.41, 5.74) is 1.57. The molecule has 0 saturated heterocycles.